The highest BCUT2D eigenvalue weighted by Crippen LogP contribution is 2.35. The van der Waals surface area contributed by atoms with Crippen LogP contribution in [0.2, 0.25) is 0 Å². The average molecular weight is 374 g/mol. The number of aromatic amines is 1. The lowest BCUT2D eigenvalue weighted by Gasteiger charge is -2.19. The summed E-state index contributed by atoms with van der Waals surface area (Å²) in [5.74, 6) is -2.94. The van der Waals surface area contributed by atoms with E-state index in [9.17, 15) is 23.5 Å². The molecule has 27 heavy (non-hydrogen) atoms. The number of aromatic hydroxyl groups is 1. The lowest BCUT2D eigenvalue weighted by atomic mass is 10.1. The van der Waals surface area contributed by atoms with Crippen LogP contribution in [-0.2, 0) is 0 Å². The first-order valence-electron chi connectivity index (χ1n) is 7.92. The number of H-pyrrole nitrogens is 1. The molecule has 0 bridgehead atoms. The predicted octanol–water partition coefficient (Wildman–Crippen LogP) is 3.11. The summed E-state index contributed by atoms with van der Waals surface area (Å²) in [6.07, 6.45) is 0. The van der Waals surface area contributed by atoms with E-state index in [-0.39, 0.29) is 16.8 Å². The van der Waals surface area contributed by atoms with Crippen molar-refractivity contribution in [3.8, 4) is 11.5 Å². The fourth-order valence-electron chi connectivity index (χ4n) is 2.88. The molecule has 0 unspecified atom stereocenters. The van der Waals surface area contributed by atoms with E-state index in [0.29, 0.717) is 11.1 Å². The highest BCUT2D eigenvalue weighted by molar-refractivity contribution is 6.11. The van der Waals surface area contributed by atoms with E-state index in [1.54, 1.807) is 19.1 Å². The summed E-state index contributed by atoms with van der Waals surface area (Å²) >= 11 is 0. The molecular formula is C19H16F2N2O4. The molecular weight excluding hydrogens is 358 g/mol. The molecule has 1 amide bonds. The van der Waals surface area contributed by atoms with Crippen LogP contribution in [0.5, 0.6) is 11.5 Å². The molecule has 0 saturated heterocycles. The van der Waals surface area contributed by atoms with Gasteiger partial charge in [0.2, 0.25) is 0 Å². The zero-order valence-electron chi connectivity index (χ0n) is 14.8. The number of benzene rings is 2. The fourth-order valence-corrected chi connectivity index (χ4v) is 2.88. The molecule has 0 aliphatic rings. The van der Waals surface area contributed by atoms with Crippen LogP contribution in [0, 0.1) is 18.6 Å². The summed E-state index contributed by atoms with van der Waals surface area (Å²) in [6, 6.07) is 5.87. The van der Waals surface area contributed by atoms with Gasteiger partial charge in [-0.3, -0.25) is 9.59 Å². The van der Waals surface area contributed by atoms with Crippen molar-refractivity contribution in [1.29, 1.82) is 0 Å². The number of halogens is 2. The number of fused-ring (bicyclic) bond motifs is 1. The van der Waals surface area contributed by atoms with E-state index < -0.39 is 34.4 Å². The Morgan fingerprint density at radius 1 is 1.22 bits per heavy atom. The molecule has 2 aromatic carbocycles. The second-order valence-corrected chi connectivity index (χ2v) is 5.97. The van der Waals surface area contributed by atoms with E-state index in [1.807, 2.05) is 0 Å². The number of hydrogen-bond donors (Lipinski definition) is 2. The van der Waals surface area contributed by atoms with Gasteiger partial charge in [0.15, 0.2) is 0 Å². The maximum atomic E-state index is 14.0. The van der Waals surface area contributed by atoms with Crippen molar-refractivity contribution in [2.24, 2.45) is 0 Å². The number of pyridine rings is 1. The first kappa shape index (κ1) is 18.4. The number of aromatic nitrogens is 1. The van der Waals surface area contributed by atoms with Crippen LogP contribution < -0.4 is 15.2 Å². The molecule has 0 aliphatic carbocycles. The second kappa shape index (κ2) is 6.71. The monoisotopic (exact) mass is 374 g/mol. The maximum Gasteiger partial charge on any atom is 0.267 e. The van der Waals surface area contributed by atoms with Gasteiger partial charge in [-0.2, -0.15) is 0 Å². The molecule has 0 radical (unpaired) electrons. The van der Waals surface area contributed by atoms with Crippen LogP contribution >= 0.6 is 0 Å². The normalized spacial score (nSPS) is 10.9. The zero-order chi connectivity index (χ0) is 19.9. The van der Waals surface area contributed by atoms with Crippen molar-refractivity contribution in [3.05, 3.63) is 63.4 Å². The molecule has 6 nitrogen and oxygen atoms in total. The lowest BCUT2D eigenvalue weighted by Crippen LogP contribution is -2.32. The third-order valence-electron chi connectivity index (χ3n) is 4.32. The van der Waals surface area contributed by atoms with Crippen LogP contribution in [0.15, 0.2) is 35.1 Å². The van der Waals surface area contributed by atoms with Gasteiger partial charge >= 0.3 is 0 Å². The number of carbonyl (C=O) groups is 1. The smallest absolute Gasteiger partial charge is 0.267 e. The molecule has 3 aromatic rings. The first-order valence-corrected chi connectivity index (χ1v) is 7.92. The van der Waals surface area contributed by atoms with Crippen LogP contribution in [0.1, 0.15) is 15.9 Å². The summed E-state index contributed by atoms with van der Waals surface area (Å²) in [6.45, 7) is 1.72. The molecule has 2 N–H and O–H groups in total. The molecule has 0 spiro atoms. The van der Waals surface area contributed by atoms with E-state index in [0.717, 1.165) is 23.1 Å². The number of hydrogen-bond acceptors (Lipinski definition) is 4. The summed E-state index contributed by atoms with van der Waals surface area (Å²) in [7, 11) is 2.56. The van der Waals surface area contributed by atoms with Crippen LogP contribution in [0.25, 0.3) is 10.9 Å². The Hall–Kier alpha value is -3.42. The minimum absolute atomic E-state index is 0.147. The van der Waals surface area contributed by atoms with Gasteiger partial charge < -0.3 is 19.7 Å². The minimum atomic E-state index is -0.997. The molecule has 0 fully saturated rings. The number of methoxy groups -OCH3 is 1. The third kappa shape index (κ3) is 2.99. The number of nitrogens with one attached hydrogen (secondary N) is 1. The second-order valence-electron chi connectivity index (χ2n) is 5.97. The molecule has 8 heteroatoms. The number of anilines is 1. The molecule has 0 atom stereocenters. The molecule has 0 aliphatic heterocycles. The highest BCUT2D eigenvalue weighted by atomic mass is 19.1. The number of carbonyl (C=O) groups excluding carboxylic acids is 1. The van der Waals surface area contributed by atoms with Crippen molar-refractivity contribution in [2.75, 3.05) is 19.1 Å². The van der Waals surface area contributed by atoms with Crippen LogP contribution in [0.4, 0.5) is 14.5 Å². The van der Waals surface area contributed by atoms with E-state index in [1.165, 1.54) is 14.2 Å². The summed E-state index contributed by atoms with van der Waals surface area (Å²) in [4.78, 5) is 28.6. The molecule has 1 heterocycles. The Morgan fingerprint density at radius 2 is 1.93 bits per heavy atom. The van der Waals surface area contributed by atoms with Crippen molar-refractivity contribution < 1.29 is 23.4 Å². The van der Waals surface area contributed by atoms with Crippen LogP contribution in [-0.4, -0.2) is 30.2 Å². The zero-order valence-corrected chi connectivity index (χ0v) is 14.8. The Morgan fingerprint density at radius 3 is 2.59 bits per heavy atom. The van der Waals surface area contributed by atoms with E-state index in [2.05, 4.69) is 4.98 Å². The van der Waals surface area contributed by atoms with E-state index >= 15 is 0 Å². The lowest BCUT2D eigenvalue weighted by molar-refractivity contribution is 0.0988. The molecule has 1 aromatic heterocycles. The Bertz CT molecular complexity index is 1120. The van der Waals surface area contributed by atoms with Gasteiger partial charge in [0, 0.05) is 13.1 Å². The quantitative estimate of drug-likeness (QED) is 0.738. The van der Waals surface area contributed by atoms with Crippen molar-refractivity contribution >= 4 is 22.5 Å². The third-order valence-corrected chi connectivity index (χ3v) is 4.32. The number of ether oxygens (including phenoxy) is 1. The standard InChI is InChI=1S/C19H16F2N2O4/c1-9-4-7-13(27-3)14-16(9)22-18(25)15(17(14)24)19(26)23(2)12-8-10(20)5-6-11(12)21/h4-8H,1-3H3,(H2,22,24,25). The van der Waals surface area contributed by atoms with Gasteiger partial charge in [0.05, 0.1) is 23.7 Å². The van der Waals surface area contributed by atoms with Crippen molar-refractivity contribution in [1.82, 2.24) is 4.98 Å². The molecule has 140 valence electrons. The van der Waals surface area contributed by atoms with Gasteiger partial charge in [-0.15, -0.1) is 0 Å². The Balaban J connectivity index is 2.23. The molecule has 3 rings (SSSR count). The largest absolute Gasteiger partial charge is 0.506 e. The highest BCUT2D eigenvalue weighted by Gasteiger charge is 2.26. The number of rotatable bonds is 3. The number of nitrogens with zero attached hydrogens (tertiary/aromatic N) is 1. The van der Waals surface area contributed by atoms with Crippen molar-refractivity contribution in [3.63, 3.8) is 0 Å². The van der Waals surface area contributed by atoms with Gasteiger partial charge in [0.1, 0.15) is 28.7 Å². The topological polar surface area (TPSA) is 82.6 Å². The predicted molar refractivity (Wildman–Crippen MR) is 96.6 cm³/mol. The number of amides is 1. The maximum absolute atomic E-state index is 14.0. The SMILES string of the molecule is COc1ccc(C)c2[nH]c(=O)c(C(=O)N(C)c3cc(F)ccc3F)c(O)c12. The summed E-state index contributed by atoms with van der Waals surface area (Å²) in [5, 5.41) is 10.8. The van der Waals surface area contributed by atoms with Gasteiger partial charge in [-0.05, 0) is 30.7 Å². The van der Waals surface area contributed by atoms with Crippen molar-refractivity contribution in [2.45, 2.75) is 6.92 Å². The first-order chi connectivity index (χ1) is 12.8. The van der Waals surface area contributed by atoms with Gasteiger partial charge in [0.25, 0.3) is 11.5 Å². The molecule has 0 saturated carbocycles. The minimum Gasteiger partial charge on any atom is -0.506 e. The Labute approximate surface area is 152 Å². The Kier molecular flexibility index (Phi) is 4.57. The van der Waals surface area contributed by atoms with Gasteiger partial charge in [-0.25, -0.2) is 8.78 Å². The fraction of sp³-hybridized carbons (Fsp3) is 0.158. The number of aryl methyl sites for hydroxylation is 1. The van der Waals surface area contributed by atoms with E-state index in [4.69, 9.17) is 4.74 Å². The summed E-state index contributed by atoms with van der Waals surface area (Å²) in [5.41, 5.74) is -0.854. The average Bonchev–Trinajstić information content (AvgIpc) is 2.63. The summed E-state index contributed by atoms with van der Waals surface area (Å²) < 4.78 is 32.6. The van der Waals surface area contributed by atoms with Gasteiger partial charge in [-0.1, -0.05) is 6.07 Å². The van der Waals surface area contributed by atoms with Crippen LogP contribution in [0.3, 0.4) is 0 Å².